The molecule has 0 heterocycles. The number of benzene rings is 1. The predicted octanol–water partition coefficient (Wildman–Crippen LogP) is 3.41. The summed E-state index contributed by atoms with van der Waals surface area (Å²) in [5.74, 6) is 1.38. The van der Waals surface area contributed by atoms with Crippen LogP contribution in [0.5, 0.6) is 5.75 Å². The van der Waals surface area contributed by atoms with Crippen molar-refractivity contribution in [3.8, 4) is 5.75 Å². The van der Waals surface area contributed by atoms with E-state index < -0.39 is 0 Å². The normalized spacial score (nSPS) is 14.3. The molecule has 0 spiro atoms. The number of methoxy groups -OCH3 is 1. The van der Waals surface area contributed by atoms with E-state index in [4.69, 9.17) is 16.3 Å². The Morgan fingerprint density at radius 1 is 1.48 bits per heavy atom. The number of hydrogen-bond donors (Lipinski definition) is 1. The van der Waals surface area contributed by atoms with Crippen molar-refractivity contribution >= 4 is 23.2 Å². The summed E-state index contributed by atoms with van der Waals surface area (Å²) in [4.78, 5) is 14.5. The van der Waals surface area contributed by atoms with E-state index in [0.717, 1.165) is 25.4 Å². The van der Waals surface area contributed by atoms with E-state index in [9.17, 15) is 4.79 Å². The topological polar surface area (TPSA) is 41.6 Å². The third-order valence-electron chi connectivity index (χ3n) is 3.56. The average Bonchev–Trinajstić information content (AvgIpc) is 3.23. The lowest BCUT2D eigenvalue weighted by Crippen LogP contribution is -2.35. The molecule has 1 aromatic rings. The summed E-state index contributed by atoms with van der Waals surface area (Å²) < 4.78 is 5.24. The minimum absolute atomic E-state index is 0.0235. The van der Waals surface area contributed by atoms with E-state index in [1.807, 2.05) is 0 Å². The molecule has 1 N–H and O–H groups in total. The van der Waals surface area contributed by atoms with Gasteiger partial charge in [-0.25, -0.2) is 0 Å². The molecule has 1 aliphatic carbocycles. The summed E-state index contributed by atoms with van der Waals surface area (Å²) >= 11 is 5.97. The van der Waals surface area contributed by atoms with Crippen LogP contribution >= 0.6 is 11.6 Å². The molecule has 2 rings (SSSR count). The monoisotopic (exact) mass is 310 g/mol. The smallest absolute Gasteiger partial charge is 0.238 e. The molecule has 1 fully saturated rings. The lowest BCUT2D eigenvalue weighted by atomic mass is 10.2. The van der Waals surface area contributed by atoms with Gasteiger partial charge in [-0.1, -0.05) is 18.5 Å². The van der Waals surface area contributed by atoms with Crippen LogP contribution in [-0.4, -0.2) is 37.6 Å². The summed E-state index contributed by atoms with van der Waals surface area (Å²) in [5.41, 5.74) is 0.623. The molecule has 0 saturated heterocycles. The first-order chi connectivity index (χ1) is 10.1. The fourth-order valence-electron chi connectivity index (χ4n) is 2.39. The van der Waals surface area contributed by atoms with Crippen LogP contribution < -0.4 is 10.1 Å². The van der Waals surface area contributed by atoms with E-state index in [0.29, 0.717) is 23.0 Å². The Balaban J connectivity index is 1.94. The number of nitrogens with one attached hydrogen (secondary N) is 1. The van der Waals surface area contributed by atoms with Crippen LogP contribution in [0.3, 0.4) is 0 Å². The van der Waals surface area contributed by atoms with Crippen molar-refractivity contribution in [3.05, 3.63) is 23.2 Å². The zero-order valence-corrected chi connectivity index (χ0v) is 13.4. The molecular formula is C16H23ClN2O2. The van der Waals surface area contributed by atoms with Gasteiger partial charge in [0.1, 0.15) is 5.75 Å². The number of carbonyl (C=O) groups excluding carboxylic acids is 1. The van der Waals surface area contributed by atoms with Crippen LogP contribution in [0.2, 0.25) is 5.02 Å². The van der Waals surface area contributed by atoms with E-state index in [1.54, 1.807) is 25.3 Å². The van der Waals surface area contributed by atoms with Crippen molar-refractivity contribution in [2.45, 2.75) is 26.2 Å². The number of carbonyl (C=O) groups is 1. The Hall–Kier alpha value is -1.26. The first-order valence-corrected chi connectivity index (χ1v) is 7.86. The lowest BCUT2D eigenvalue weighted by Gasteiger charge is -2.21. The molecule has 0 atom stereocenters. The number of halogens is 1. The number of nitrogens with zero attached hydrogens (tertiary/aromatic N) is 1. The molecule has 0 unspecified atom stereocenters. The highest BCUT2D eigenvalue weighted by Gasteiger charge is 2.25. The van der Waals surface area contributed by atoms with E-state index >= 15 is 0 Å². The van der Waals surface area contributed by atoms with Crippen LogP contribution in [0.4, 0.5) is 5.69 Å². The highest BCUT2D eigenvalue weighted by molar-refractivity contribution is 6.31. The number of anilines is 1. The summed E-state index contributed by atoms with van der Waals surface area (Å²) in [6, 6.07) is 5.21. The second-order valence-electron chi connectivity index (χ2n) is 5.57. The zero-order valence-electron chi connectivity index (χ0n) is 12.7. The fourth-order valence-corrected chi connectivity index (χ4v) is 2.56. The van der Waals surface area contributed by atoms with Gasteiger partial charge in [0.05, 0.1) is 19.3 Å². The third-order valence-corrected chi connectivity index (χ3v) is 3.79. The van der Waals surface area contributed by atoms with Gasteiger partial charge < -0.3 is 10.1 Å². The standard InChI is InChI=1S/C16H23ClN2O2/c1-3-8-19(10-12-4-5-12)11-16(20)18-14-9-13(17)6-7-15(14)21-2/h6-7,9,12H,3-5,8,10-11H2,1-2H3,(H,18,20). The van der Waals surface area contributed by atoms with Crippen molar-refractivity contribution in [1.82, 2.24) is 4.90 Å². The maximum atomic E-state index is 12.2. The molecule has 116 valence electrons. The van der Waals surface area contributed by atoms with Crippen molar-refractivity contribution in [2.75, 3.05) is 32.1 Å². The quantitative estimate of drug-likeness (QED) is 0.800. The van der Waals surface area contributed by atoms with Crippen LogP contribution in [0.1, 0.15) is 26.2 Å². The second kappa shape index (κ2) is 7.66. The van der Waals surface area contributed by atoms with Gasteiger partial charge in [0.25, 0.3) is 0 Å². The van der Waals surface area contributed by atoms with Gasteiger partial charge in [-0.2, -0.15) is 0 Å². The van der Waals surface area contributed by atoms with E-state index in [1.165, 1.54) is 12.8 Å². The van der Waals surface area contributed by atoms with Crippen LogP contribution in [0.15, 0.2) is 18.2 Å². The summed E-state index contributed by atoms with van der Waals surface area (Å²) in [5, 5.41) is 3.47. The van der Waals surface area contributed by atoms with Gasteiger partial charge in [-0.15, -0.1) is 0 Å². The Bertz CT molecular complexity index is 489. The van der Waals surface area contributed by atoms with Crippen LogP contribution in [0, 0.1) is 5.92 Å². The summed E-state index contributed by atoms with van der Waals surface area (Å²) in [6.45, 7) is 4.53. The first kappa shape index (κ1) is 16.1. The zero-order chi connectivity index (χ0) is 15.2. The minimum Gasteiger partial charge on any atom is -0.495 e. The molecule has 1 aliphatic rings. The Kier molecular flexibility index (Phi) is 5.88. The Morgan fingerprint density at radius 2 is 2.24 bits per heavy atom. The second-order valence-corrected chi connectivity index (χ2v) is 6.01. The third kappa shape index (κ3) is 5.21. The van der Waals surface area contributed by atoms with Crippen molar-refractivity contribution < 1.29 is 9.53 Å². The number of hydrogen-bond acceptors (Lipinski definition) is 3. The molecule has 0 bridgehead atoms. The van der Waals surface area contributed by atoms with Crippen molar-refractivity contribution in [2.24, 2.45) is 5.92 Å². The van der Waals surface area contributed by atoms with Gasteiger partial charge in [-0.3, -0.25) is 9.69 Å². The summed E-state index contributed by atoms with van der Waals surface area (Å²) in [6.07, 6.45) is 3.65. The number of ether oxygens (including phenoxy) is 1. The molecule has 0 radical (unpaired) electrons. The largest absolute Gasteiger partial charge is 0.495 e. The van der Waals surface area contributed by atoms with Crippen molar-refractivity contribution in [3.63, 3.8) is 0 Å². The first-order valence-electron chi connectivity index (χ1n) is 7.48. The molecule has 5 heteroatoms. The summed E-state index contributed by atoms with van der Waals surface area (Å²) in [7, 11) is 1.58. The molecule has 0 aromatic heterocycles. The molecule has 21 heavy (non-hydrogen) atoms. The Labute approximate surface area is 131 Å². The Morgan fingerprint density at radius 3 is 2.86 bits per heavy atom. The maximum Gasteiger partial charge on any atom is 0.238 e. The van der Waals surface area contributed by atoms with Gasteiger partial charge in [0.15, 0.2) is 0 Å². The molecule has 1 amide bonds. The van der Waals surface area contributed by atoms with E-state index in [-0.39, 0.29) is 5.91 Å². The number of rotatable bonds is 8. The maximum absolute atomic E-state index is 12.2. The van der Waals surface area contributed by atoms with Crippen molar-refractivity contribution in [1.29, 1.82) is 0 Å². The van der Waals surface area contributed by atoms with Gasteiger partial charge in [0.2, 0.25) is 5.91 Å². The molecule has 1 aromatic carbocycles. The van der Waals surface area contributed by atoms with Gasteiger partial charge in [-0.05, 0) is 49.9 Å². The van der Waals surface area contributed by atoms with E-state index in [2.05, 4.69) is 17.1 Å². The molecular weight excluding hydrogens is 288 g/mol. The molecule has 4 nitrogen and oxygen atoms in total. The van der Waals surface area contributed by atoms with Crippen LogP contribution in [-0.2, 0) is 4.79 Å². The lowest BCUT2D eigenvalue weighted by molar-refractivity contribution is -0.117. The van der Waals surface area contributed by atoms with Gasteiger partial charge >= 0.3 is 0 Å². The molecule has 1 saturated carbocycles. The molecule has 0 aliphatic heterocycles. The number of amides is 1. The van der Waals surface area contributed by atoms with Gasteiger partial charge in [0, 0.05) is 11.6 Å². The minimum atomic E-state index is -0.0235. The predicted molar refractivity (Wildman–Crippen MR) is 86.1 cm³/mol. The SMILES string of the molecule is CCCN(CC(=O)Nc1cc(Cl)ccc1OC)CC1CC1. The fraction of sp³-hybridized carbons (Fsp3) is 0.562. The average molecular weight is 311 g/mol. The highest BCUT2D eigenvalue weighted by Crippen LogP contribution is 2.30. The highest BCUT2D eigenvalue weighted by atomic mass is 35.5. The van der Waals surface area contributed by atoms with Crippen LogP contribution in [0.25, 0.3) is 0 Å².